The number of halogens is 1. The van der Waals surface area contributed by atoms with Gasteiger partial charge in [0.25, 0.3) is 0 Å². The van der Waals surface area contributed by atoms with Gasteiger partial charge in [-0.05, 0) is 31.2 Å². The van der Waals surface area contributed by atoms with Crippen molar-refractivity contribution in [3.63, 3.8) is 0 Å². The van der Waals surface area contributed by atoms with Gasteiger partial charge in [0.2, 0.25) is 0 Å². The van der Waals surface area contributed by atoms with E-state index in [0.29, 0.717) is 16.5 Å². The molecule has 2 rings (SSSR count). The molecule has 0 radical (unpaired) electrons. The molecule has 3 N–H and O–H groups in total. The molecule has 0 aliphatic carbocycles. The number of methoxy groups -OCH3 is 1. The number of nitrogens with two attached hydrogens (primary N) is 1. The van der Waals surface area contributed by atoms with Crippen molar-refractivity contribution >= 4 is 28.7 Å². The van der Waals surface area contributed by atoms with E-state index < -0.39 is 5.82 Å². The normalized spacial score (nSPS) is 10.2. The summed E-state index contributed by atoms with van der Waals surface area (Å²) in [7, 11) is 1.41. The van der Waals surface area contributed by atoms with E-state index in [1.807, 2.05) is 6.92 Å². The minimum Gasteiger partial charge on any atom is -0.494 e. The molecule has 0 aliphatic heterocycles. The fourth-order valence-corrected chi connectivity index (χ4v) is 1.88. The summed E-state index contributed by atoms with van der Waals surface area (Å²) in [5, 5.41) is 3.07. The number of rotatable bonds is 4. The Bertz CT molecular complexity index is 661. The largest absolute Gasteiger partial charge is 0.494 e. The number of thiocarbonyl (C=S) groups is 1. The topological polar surface area (TPSA) is 60.2 Å². The van der Waals surface area contributed by atoms with Gasteiger partial charge in [0, 0.05) is 23.0 Å². The van der Waals surface area contributed by atoms with Gasteiger partial charge in [-0.15, -0.1) is 0 Å². The molecule has 4 nitrogen and oxygen atoms in total. The Balaban J connectivity index is 2.32. The second kappa shape index (κ2) is 5.83. The summed E-state index contributed by atoms with van der Waals surface area (Å²) in [5.74, 6) is 0.331. The van der Waals surface area contributed by atoms with Gasteiger partial charge in [0.15, 0.2) is 11.6 Å². The summed E-state index contributed by atoms with van der Waals surface area (Å²) in [5.41, 5.74) is 7.79. The van der Waals surface area contributed by atoms with E-state index in [0.717, 1.165) is 11.3 Å². The molecule has 1 aromatic carbocycles. The monoisotopic (exact) mass is 291 g/mol. The molecular formula is C14H14FN3OS. The number of benzene rings is 1. The van der Waals surface area contributed by atoms with Crippen LogP contribution in [-0.2, 0) is 0 Å². The quantitative estimate of drug-likeness (QED) is 0.848. The number of ether oxygens (including phenoxy) is 1. The highest BCUT2D eigenvalue weighted by Gasteiger charge is 2.06. The highest BCUT2D eigenvalue weighted by atomic mass is 32.1. The molecule has 1 heterocycles. The van der Waals surface area contributed by atoms with Crippen LogP contribution >= 0.6 is 12.2 Å². The highest BCUT2D eigenvalue weighted by Crippen LogP contribution is 2.24. The maximum Gasteiger partial charge on any atom is 0.165 e. The molecular weight excluding hydrogens is 277 g/mol. The van der Waals surface area contributed by atoms with Crippen LogP contribution in [0.25, 0.3) is 0 Å². The highest BCUT2D eigenvalue weighted by molar-refractivity contribution is 7.80. The van der Waals surface area contributed by atoms with Crippen LogP contribution in [0.3, 0.4) is 0 Å². The third-order valence-electron chi connectivity index (χ3n) is 2.66. The Kier molecular flexibility index (Phi) is 4.14. The SMILES string of the molecule is COc1cc(Nc2cc(C(N)=S)cc(C)n2)ccc1F. The van der Waals surface area contributed by atoms with Gasteiger partial charge in [0.1, 0.15) is 10.8 Å². The molecule has 104 valence electrons. The van der Waals surface area contributed by atoms with Gasteiger partial charge in [-0.3, -0.25) is 0 Å². The third-order valence-corrected chi connectivity index (χ3v) is 2.90. The first-order valence-corrected chi connectivity index (χ1v) is 6.29. The van der Waals surface area contributed by atoms with Crippen LogP contribution in [0.4, 0.5) is 15.9 Å². The van der Waals surface area contributed by atoms with Gasteiger partial charge in [-0.1, -0.05) is 12.2 Å². The molecule has 6 heteroatoms. The lowest BCUT2D eigenvalue weighted by Crippen LogP contribution is -2.10. The first-order chi connectivity index (χ1) is 9.49. The summed E-state index contributed by atoms with van der Waals surface area (Å²) in [6.45, 7) is 1.85. The van der Waals surface area contributed by atoms with Crippen LogP contribution in [-0.4, -0.2) is 17.1 Å². The number of aryl methyl sites for hydroxylation is 1. The second-order valence-electron chi connectivity index (χ2n) is 4.22. The zero-order chi connectivity index (χ0) is 14.7. The van der Waals surface area contributed by atoms with Crippen molar-refractivity contribution in [2.75, 3.05) is 12.4 Å². The van der Waals surface area contributed by atoms with E-state index in [9.17, 15) is 4.39 Å². The minimum atomic E-state index is -0.418. The van der Waals surface area contributed by atoms with Crippen molar-refractivity contribution in [3.05, 3.63) is 47.4 Å². The zero-order valence-electron chi connectivity index (χ0n) is 11.1. The van der Waals surface area contributed by atoms with E-state index in [4.69, 9.17) is 22.7 Å². The molecule has 0 fully saturated rings. The first-order valence-electron chi connectivity index (χ1n) is 5.88. The standard InChI is InChI=1S/C14H14FN3OS/c1-8-5-9(14(16)20)6-13(17-8)18-10-3-4-11(15)12(7-10)19-2/h3-7H,1-2H3,(H2,16,20)(H,17,18). The molecule has 20 heavy (non-hydrogen) atoms. The van der Waals surface area contributed by atoms with Gasteiger partial charge in [-0.2, -0.15) is 0 Å². The number of anilines is 2. The fraction of sp³-hybridized carbons (Fsp3) is 0.143. The van der Waals surface area contributed by atoms with Gasteiger partial charge in [-0.25, -0.2) is 9.37 Å². The molecule has 0 bridgehead atoms. The average Bonchev–Trinajstić information content (AvgIpc) is 2.40. The third kappa shape index (κ3) is 3.21. The summed E-state index contributed by atoms with van der Waals surface area (Å²) in [6, 6.07) is 8.03. The summed E-state index contributed by atoms with van der Waals surface area (Å²) in [6.07, 6.45) is 0. The van der Waals surface area contributed by atoms with Crippen LogP contribution < -0.4 is 15.8 Å². The number of nitrogens with zero attached hydrogens (tertiary/aromatic N) is 1. The maximum absolute atomic E-state index is 13.3. The number of aromatic nitrogens is 1. The van der Waals surface area contributed by atoms with Crippen LogP contribution in [0.1, 0.15) is 11.3 Å². The van der Waals surface area contributed by atoms with Crippen molar-refractivity contribution in [1.82, 2.24) is 4.98 Å². The first kappa shape index (κ1) is 14.2. The second-order valence-corrected chi connectivity index (χ2v) is 4.66. The molecule has 0 spiro atoms. The van der Waals surface area contributed by atoms with Crippen molar-refractivity contribution in [2.45, 2.75) is 6.92 Å². The average molecular weight is 291 g/mol. The number of nitrogens with one attached hydrogen (secondary N) is 1. The van der Waals surface area contributed by atoms with Crippen molar-refractivity contribution in [2.24, 2.45) is 5.73 Å². The number of hydrogen-bond donors (Lipinski definition) is 2. The molecule has 1 aromatic heterocycles. The van der Waals surface area contributed by atoms with Gasteiger partial charge in [0.05, 0.1) is 7.11 Å². The minimum absolute atomic E-state index is 0.164. The maximum atomic E-state index is 13.3. The Labute approximate surface area is 121 Å². The van der Waals surface area contributed by atoms with E-state index in [1.165, 1.54) is 13.2 Å². The molecule has 0 saturated heterocycles. The van der Waals surface area contributed by atoms with Gasteiger partial charge >= 0.3 is 0 Å². The van der Waals surface area contributed by atoms with E-state index in [1.54, 1.807) is 24.3 Å². The number of hydrogen-bond acceptors (Lipinski definition) is 4. The van der Waals surface area contributed by atoms with Crippen molar-refractivity contribution in [3.8, 4) is 5.75 Å². The van der Waals surface area contributed by atoms with Crippen molar-refractivity contribution in [1.29, 1.82) is 0 Å². The lowest BCUT2D eigenvalue weighted by molar-refractivity contribution is 0.387. The summed E-state index contributed by atoms with van der Waals surface area (Å²) < 4.78 is 18.3. The van der Waals surface area contributed by atoms with E-state index in [2.05, 4.69) is 10.3 Å². The predicted molar refractivity (Wildman–Crippen MR) is 81.1 cm³/mol. The molecule has 0 aliphatic rings. The Hall–Kier alpha value is -2.21. The van der Waals surface area contributed by atoms with E-state index >= 15 is 0 Å². The smallest absolute Gasteiger partial charge is 0.165 e. The molecule has 2 aromatic rings. The van der Waals surface area contributed by atoms with Crippen LogP contribution in [0, 0.1) is 12.7 Å². The Morgan fingerprint density at radius 2 is 2.10 bits per heavy atom. The molecule has 0 unspecified atom stereocenters. The molecule has 0 saturated carbocycles. The Morgan fingerprint density at radius 1 is 1.35 bits per heavy atom. The summed E-state index contributed by atoms with van der Waals surface area (Å²) >= 11 is 4.96. The Morgan fingerprint density at radius 3 is 2.75 bits per heavy atom. The van der Waals surface area contributed by atoms with Crippen LogP contribution in [0.15, 0.2) is 30.3 Å². The van der Waals surface area contributed by atoms with Crippen LogP contribution in [0.5, 0.6) is 5.75 Å². The predicted octanol–water partition coefficient (Wildman–Crippen LogP) is 2.92. The summed E-state index contributed by atoms with van der Waals surface area (Å²) in [4.78, 5) is 4.63. The molecule has 0 atom stereocenters. The van der Waals surface area contributed by atoms with E-state index in [-0.39, 0.29) is 5.75 Å². The fourth-order valence-electron chi connectivity index (χ4n) is 1.76. The lowest BCUT2D eigenvalue weighted by Gasteiger charge is -2.10. The van der Waals surface area contributed by atoms with Crippen LogP contribution in [0.2, 0.25) is 0 Å². The molecule has 0 amide bonds. The lowest BCUT2D eigenvalue weighted by atomic mass is 10.2. The van der Waals surface area contributed by atoms with Crippen molar-refractivity contribution < 1.29 is 9.13 Å². The zero-order valence-corrected chi connectivity index (χ0v) is 11.9. The number of pyridine rings is 1. The van der Waals surface area contributed by atoms with Gasteiger partial charge < -0.3 is 15.8 Å².